The van der Waals surface area contributed by atoms with E-state index in [1.54, 1.807) is 61.0 Å². The number of fused-ring (bicyclic) bond motifs is 4. The molecular weight excluding hydrogens is 929 g/mol. The zero-order valence-electron chi connectivity index (χ0n) is 33.7. The first-order valence-electron chi connectivity index (χ1n) is 19.3. The number of carbonyl (C=O) groups excluding carboxylic acids is 1. The molecule has 4 saturated heterocycles. The van der Waals surface area contributed by atoms with Crippen LogP contribution >= 0.6 is 69.6 Å². The van der Waals surface area contributed by atoms with E-state index in [-0.39, 0.29) is 10.8 Å². The Kier molecular flexibility index (Phi) is 11.2. The molecule has 10 rings (SSSR count). The lowest BCUT2D eigenvalue weighted by Gasteiger charge is -2.32. The second-order valence-corrected chi connectivity index (χ2v) is 19.0. The number of aromatic nitrogens is 6. The Morgan fingerprint density at radius 1 is 0.645 bits per heavy atom. The molecule has 20 heteroatoms. The number of benzene rings is 2. The van der Waals surface area contributed by atoms with Crippen molar-refractivity contribution in [2.75, 3.05) is 0 Å². The normalized spacial score (nSPS) is 30.0. The fourth-order valence-corrected chi connectivity index (χ4v) is 9.96. The summed E-state index contributed by atoms with van der Waals surface area (Å²) in [6, 6.07) is 13.3. The molecule has 8 heterocycles. The molecule has 0 amide bonds. The zero-order valence-corrected chi connectivity index (χ0v) is 38.3. The maximum atomic E-state index is 13.5. The molecule has 4 aliphatic heterocycles. The number of ether oxygens (including phenoxy) is 6. The Morgan fingerprint density at radius 3 is 1.69 bits per heavy atom. The Hall–Kier alpha value is -3.19. The maximum absolute atomic E-state index is 13.5. The van der Waals surface area contributed by atoms with Gasteiger partial charge in [-0.05, 0) is 89.6 Å². The SMILES string of the molecule is CC1(C)O[C@H]2[C@H](n3ccc4c(Cl)ncnc43)O[C@H](C(=O)c3ccc(Cl)c(Cl)c3)[C@@]2(C)O1.CC1(C)O[C@H]2[C@H](n3ccc4c(Cl)ncnc43)O[C@H]([C@H](O)c3ccc(Cl)c(Cl)c3)[C@@]2(C)O1. The maximum Gasteiger partial charge on any atom is 0.194 e. The van der Waals surface area contributed by atoms with Gasteiger partial charge in [0.15, 0.2) is 35.9 Å². The minimum absolute atomic E-state index is 0.279. The minimum atomic E-state index is -1.05. The van der Waals surface area contributed by atoms with Crippen LogP contribution in [0.15, 0.2) is 73.6 Å². The number of aliphatic hydroxyl groups is 1. The monoisotopic (exact) mass is 964 g/mol. The van der Waals surface area contributed by atoms with Crippen molar-refractivity contribution in [3.8, 4) is 0 Å². The van der Waals surface area contributed by atoms with E-state index in [1.165, 1.54) is 18.7 Å². The lowest BCUT2D eigenvalue weighted by molar-refractivity contribution is -0.223. The van der Waals surface area contributed by atoms with Crippen LogP contribution in [-0.4, -0.2) is 87.2 Å². The van der Waals surface area contributed by atoms with Crippen LogP contribution < -0.4 is 0 Å². The molecular formula is C42H38Cl6N6O8. The average Bonchev–Trinajstić information content (AvgIpc) is 4.03. The highest BCUT2D eigenvalue weighted by atomic mass is 35.5. The van der Waals surface area contributed by atoms with E-state index in [2.05, 4.69) is 19.9 Å². The molecule has 0 unspecified atom stereocenters. The van der Waals surface area contributed by atoms with E-state index in [0.29, 0.717) is 58.6 Å². The molecule has 14 nitrogen and oxygen atoms in total. The van der Waals surface area contributed by atoms with Gasteiger partial charge in [0.1, 0.15) is 69.9 Å². The zero-order chi connectivity index (χ0) is 44.3. The fraction of sp³-hybridized carbons (Fsp3) is 0.405. The molecule has 4 aliphatic rings. The van der Waals surface area contributed by atoms with Crippen molar-refractivity contribution in [2.24, 2.45) is 0 Å². The van der Waals surface area contributed by atoms with Crippen LogP contribution in [0.4, 0.5) is 0 Å². The topological polar surface area (TPSA) is 154 Å². The van der Waals surface area contributed by atoms with Gasteiger partial charge in [0.2, 0.25) is 0 Å². The fourth-order valence-electron chi connectivity index (χ4n) is 8.97. The van der Waals surface area contributed by atoms with Crippen molar-refractivity contribution in [2.45, 2.75) is 107 Å². The summed E-state index contributed by atoms with van der Waals surface area (Å²) in [5.74, 6) is -2.06. The summed E-state index contributed by atoms with van der Waals surface area (Å²) < 4.78 is 41.3. The standard InChI is InChI=1S/C21H20Cl3N3O4.C21H18Cl3N3O4/c2*1-20(2)30-16-19(27-7-6-11-17(24)25-9-26-18(11)27)29-15(21(16,3)31-20)14(28)10-4-5-12(22)13(23)8-10/h4-9,14-16,19,28H,1-3H3;4-9,15-16,19H,1-3H3/t14-,15-,16+,19-,21-;15-,16+,19-,21-/m11/s1. The smallest absolute Gasteiger partial charge is 0.194 e. The van der Waals surface area contributed by atoms with E-state index in [0.717, 1.165) is 0 Å². The summed E-state index contributed by atoms with van der Waals surface area (Å²) in [6.07, 6.45) is 1.26. The number of hydrogen-bond acceptors (Lipinski definition) is 12. The molecule has 0 aliphatic carbocycles. The second kappa shape index (κ2) is 15.8. The van der Waals surface area contributed by atoms with Crippen LogP contribution in [0.25, 0.3) is 22.1 Å². The van der Waals surface area contributed by atoms with Crippen LogP contribution in [0.1, 0.15) is 76.0 Å². The first kappa shape index (κ1) is 44.0. The Bertz CT molecular complexity index is 2750. The summed E-state index contributed by atoms with van der Waals surface area (Å²) in [7, 11) is 0. The summed E-state index contributed by atoms with van der Waals surface area (Å²) in [5, 5.41) is 14.7. The molecule has 0 bridgehead atoms. The number of carbonyl (C=O) groups is 1. The summed E-state index contributed by atoms with van der Waals surface area (Å²) in [4.78, 5) is 30.2. The molecule has 326 valence electrons. The van der Waals surface area contributed by atoms with Crippen molar-refractivity contribution in [1.29, 1.82) is 0 Å². The van der Waals surface area contributed by atoms with Gasteiger partial charge in [-0.3, -0.25) is 4.79 Å². The molecule has 1 N–H and O–H groups in total. The number of rotatable bonds is 6. The molecule has 6 aromatic rings. The largest absolute Gasteiger partial charge is 0.386 e. The number of halogens is 6. The van der Waals surface area contributed by atoms with Crippen LogP contribution in [0.2, 0.25) is 30.4 Å². The van der Waals surface area contributed by atoms with Crippen LogP contribution in [0, 0.1) is 0 Å². The van der Waals surface area contributed by atoms with Gasteiger partial charge in [0.05, 0.1) is 30.9 Å². The molecule has 9 atom stereocenters. The lowest BCUT2D eigenvalue weighted by Crippen LogP contribution is -2.47. The Morgan fingerprint density at radius 2 is 1.15 bits per heavy atom. The quantitative estimate of drug-likeness (QED) is 0.125. The molecule has 62 heavy (non-hydrogen) atoms. The third-order valence-electron chi connectivity index (χ3n) is 11.5. The highest BCUT2D eigenvalue weighted by Gasteiger charge is 2.67. The lowest BCUT2D eigenvalue weighted by atomic mass is 9.88. The Labute approximate surface area is 385 Å². The van der Waals surface area contributed by atoms with Gasteiger partial charge in [0, 0.05) is 18.0 Å². The van der Waals surface area contributed by atoms with Crippen molar-refractivity contribution in [3.05, 3.63) is 115 Å². The number of nitrogens with zero attached hydrogens (tertiary/aromatic N) is 6. The van der Waals surface area contributed by atoms with Crippen molar-refractivity contribution in [3.63, 3.8) is 0 Å². The predicted molar refractivity (Wildman–Crippen MR) is 232 cm³/mol. The number of hydrogen-bond donors (Lipinski definition) is 1. The van der Waals surface area contributed by atoms with Gasteiger partial charge in [-0.15, -0.1) is 0 Å². The number of aliphatic hydroxyl groups excluding tert-OH is 1. The molecule has 0 spiro atoms. The van der Waals surface area contributed by atoms with Crippen LogP contribution in [0.5, 0.6) is 0 Å². The van der Waals surface area contributed by atoms with Gasteiger partial charge in [0.25, 0.3) is 0 Å². The molecule has 4 aromatic heterocycles. The average molecular weight is 968 g/mol. The van der Waals surface area contributed by atoms with Crippen molar-refractivity contribution >= 4 is 97.5 Å². The van der Waals surface area contributed by atoms with Crippen LogP contribution in [-0.2, 0) is 28.4 Å². The number of Topliss-reactive ketones (excluding diaryl/α,β-unsaturated/α-hetero) is 1. The third-order valence-corrected chi connectivity index (χ3v) is 13.6. The van der Waals surface area contributed by atoms with Crippen LogP contribution in [0.3, 0.4) is 0 Å². The minimum Gasteiger partial charge on any atom is -0.386 e. The van der Waals surface area contributed by atoms with Gasteiger partial charge in [-0.25, -0.2) is 19.9 Å². The highest BCUT2D eigenvalue weighted by molar-refractivity contribution is 6.42. The van der Waals surface area contributed by atoms with Gasteiger partial charge < -0.3 is 42.7 Å². The number of ketones is 1. The van der Waals surface area contributed by atoms with Gasteiger partial charge >= 0.3 is 0 Å². The molecule has 0 saturated carbocycles. The van der Waals surface area contributed by atoms with E-state index in [1.807, 2.05) is 44.5 Å². The van der Waals surface area contributed by atoms with E-state index < -0.39 is 65.8 Å². The predicted octanol–water partition coefficient (Wildman–Crippen LogP) is 10.0. The summed E-state index contributed by atoms with van der Waals surface area (Å²) in [6.45, 7) is 11.0. The van der Waals surface area contributed by atoms with Crippen molar-refractivity contribution in [1.82, 2.24) is 29.1 Å². The van der Waals surface area contributed by atoms with E-state index in [4.69, 9.17) is 98.0 Å². The molecule has 0 radical (unpaired) electrons. The van der Waals surface area contributed by atoms with Gasteiger partial charge in [-0.2, -0.15) is 0 Å². The van der Waals surface area contributed by atoms with Gasteiger partial charge in [-0.1, -0.05) is 75.7 Å². The first-order chi connectivity index (χ1) is 29.2. The second-order valence-electron chi connectivity index (χ2n) is 16.7. The summed E-state index contributed by atoms with van der Waals surface area (Å²) in [5.41, 5.74) is 0.110. The van der Waals surface area contributed by atoms with Crippen molar-refractivity contribution < 1.29 is 38.3 Å². The molecule has 4 fully saturated rings. The summed E-state index contributed by atoms with van der Waals surface area (Å²) >= 11 is 36.8. The Balaban J connectivity index is 0.000000158. The van der Waals surface area contributed by atoms with E-state index in [9.17, 15) is 9.90 Å². The molecule has 2 aromatic carbocycles. The van der Waals surface area contributed by atoms with E-state index >= 15 is 0 Å². The third kappa shape index (κ3) is 7.38. The first-order valence-corrected chi connectivity index (χ1v) is 21.6. The highest BCUT2D eigenvalue weighted by Crippen LogP contribution is 2.54.